The second-order valence-corrected chi connectivity index (χ2v) is 4.24. The Balaban J connectivity index is 2.47. The molecule has 1 aliphatic rings. The van der Waals surface area contributed by atoms with Crippen molar-refractivity contribution < 1.29 is 15.0 Å². The molecule has 1 aliphatic heterocycles. The van der Waals surface area contributed by atoms with Crippen molar-refractivity contribution in [3.8, 4) is 5.75 Å². The zero-order valence-electron chi connectivity index (χ0n) is 9.29. The highest BCUT2D eigenvalue weighted by molar-refractivity contribution is 6.09. The van der Waals surface area contributed by atoms with E-state index in [4.69, 9.17) is 5.73 Å². The van der Waals surface area contributed by atoms with Gasteiger partial charge in [0.25, 0.3) is 0 Å². The number of hydrogen-bond acceptors (Lipinski definition) is 5. The van der Waals surface area contributed by atoms with Crippen molar-refractivity contribution in [1.82, 2.24) is 4.98 Å². The molecule has 0 aromatic carbocycles. The maximum atomic E-state index is 11.1. The van der Waals surface area contributed by atoms with Crippen molar-refractivity contribution in [3.63, 3.8) is 0 Å². The Hall–Kier alpha value is -1.95. The van der Waals surface area contributed by atoms with Gasteiger partial charge in [0.05, 0.1) is 5.71 Å². The number of pyridine rings is 1. The summed E-state index contributed by atoms with van der Waals surface area (Å²) in [5.41, 5.74) is 4.22. The van der Waals surface area contributed by atoms with Gasteiger partial charge in [0.1, 0.15) is 23.1 Å². The number of primary amides is 1. The third kappa shape index (κ3) is 1.99. The summed E-state index contributed by atoms with van der Waals surface area (Å²) in [5.74, 6) is -0.688. The van der Waals surface area contributed by atoms with Gasteiger partial charge in [-0.1, -0.05) is 0 Å². The molecular formula is C11H13N3O3. The van der Waals surface area contributed by atoms with E-state index in [1.807, 2.05) is 0 Å². The van der Waals surface area contributed by atoms with Crippen molar-refractivity contribution in [3.05, 3.63) is 24.0 Å². The Labute approximate surface area is 97.8 Å². The van der Waals surface area contributed by atoms with Crippen LogP contribution in [-0.4, -0.2) is 38.5 Å². The van der Waals surface area contributed by atoms with Crippen molar-refractivity contribution in [2.75, 3.05) is 0 Å². The molecule has 0 radical (unpaired) electrons. The van der Waals surface area contributed by atoms with Gasteiger partial charge in [0.15, 0.2) is 0 Å². The van der Waals surface area contributed by atoms with E-state index in [2.05, 4.69) is 9.98 Å². The lowest BCUT2D eigenvalue weighted by molar-refractivity contribution is -0.119. The van der Waals surface area contributed by atoms with Gasteiger partial charge in [-0.15, -0.1) is 0 Å². The summed E-state index contributed by atoms with van der Waals surface area (Å²) in [6, 6.07) is 2.23. The number of amides is 1. The molecule has 6 heteroatoms. The molecule has 0 aliphatic carbocycles. The lowest BCUT2D eigenvalue weighted by atomic mass is 9.93. The number of aromatic hydroxyl groups is 1. The van der Waals surface area contributed by atoms with Crippen LogP contribution in [0, 0.1) is 0 Å². The Morgan fingerprint density at radius 3 is 2.88 bits per heavy atom. The first-order valence-corrected chi connectivity index (χ1v) is 5.16. The van der Waals surface area contributed by atoms with Crippen LogP contribution in [0.2, 0.25) is 0 Å². The van der Waals surface area contributed by atoms with E-state index in [-0.39, 0.29) is 23.6 Å². The highest BCUT2D eigenvalue weighted by atomic mass is 16.3. The van der Waals surface area contributed by atoms with E-state index in [1.165, 1.54) is 19.2 Å². The van der Waals surface area contributed by atoms with Crippen LogP contribution in [0.1, 0.15) is 19.0 Å². The molecule has 0 saturated heterocycles. The summed E-state index contributed by atoms with van der Waals surface area (Å²) in [6.45, 7) is 1.52. The summed E-state index contributed by atoms with van der Waals surface area (Å²) in [6.07, 6.45) is 1.58. The van der Waals surface area contributed by atoms with Crippen LogP contribution in [0.25, 0.3) is 0 Å². The minimum atomic E-state index is -1.31. The quantitative estimate of drug-likeness (QED) is 0.647. The van der Waals surface area contributed by atoms with Crippen molar-refractivity contribution in [2.24, 2.45) is 10.7 Å². The second kappa shape index (κ2) is 3.81. The van der Waals surface area contributed by atoms with Crippen LogP contribution < -0.4 is 5.73 Å². The first-order chi connectivity index (χ1) is 7.92. The number of nitrogens with two attached hydrogens (primary N) is 1. The fourth-order valence-corrected chi connectivity index (χ4v) is 1.87. The first kappa shape index (κ1) is 11.5. The molecule has 2 rings (SSSR count). The molecule has 1 aromatic rings. The van der Waals surface area contributed by atoms with E-state index < -0.39 is 17.6 Å². The van der Waals surface area contributed by atoms with E-state index in [0.717, 1.165) is 0 Å². The number of carbonyl (C=O) groups is 1. The number of hydrogen-bond donors (Lipinski definition) is 3. The van der Waals surface area contributed by atoms with Gasteiger partial charge in [-0.3, -0.25) is 14.8 Å². The number of rotatable bonds is 2. The lowest BCUT2D eigenvalue weighted by Gasteiger charge is -2.19. The molecule has 0 saturated carbocycles. The fraction of sp³-hybridized carbons (Fsp3) is 0.364. The molecule has 6 nitrogen and oxygen atoms in total. The number of aromatic nitrogens is 1. The predicted molar refractivity (Wildman–Crippen MR) is 60.7 cm³/mol. The van der Waals surface area contributed by atoms with Gasteiger partial charge in [0.2, 0.25) is 5.91 Å². The van der Waals surface area contributed by atoms with Crippen LogP contribution >= 0.6 is 0 Å². The Morgan fingerprint density at radius 1 is 1.65 bits per heavy atom. The largest absolute Gasteiger partial charge is 0.506 e. The maximum absolute atomic E-state index is 11.1. The van der Waals surface area contributed by atoms with Gasteiger partial charge in [-0.25, -0.2) is 0 Å². The molecule has 1 unspecified atom stereocenters. The highest BCUT2D eigenvalue weighted by Gasteiger charge is 2.41. The number of aliphatic imine (C=N–C) groups is 1. The first-order valence-electron chi connectivity index (χ1n) is 5.16. The van der Waals surface area contributed by atoms with Gasteiger partial charge in [-0.2, -0.15) is 0 Å². The van der Waals surface area contributed by atoms with Crippen molar-refractivity contribution >= 4 is 11.6 Å². The molecule has 0 spiro atoms. The van der Waals surface area contributed by atoms with Crippen LogP contribution in [-0.2, 0) is 4.79 Å². The molecule has 90 valence electrons. The molecule has 0 fully saturated rings. The molecule has 0 bridgehead atoms. The van der Waals surface area contributed by atoms with Crippen molar-refractivity contribution in [1.29, 1.82) is 0 Å². The number of carbonyl (C=O) groups excluding carboxylic acids is 1. The van der Waals surface area contributed by atoms with Crippen LogP contribution in [0.4, 0.5) is 0 Å². The van der Waals surface area contributed by atoms with E-state index >= 15 is 0 Å². The summed E-state index contributed by atoms with van der Waals surface area (Å²) >= 11 is 0. The Bertz CT molecular complexity index is 496. The zero-order chi connectivity index (χ0) is 12.6. The maximum Gasteiger partial charge on any atom is 0.242 e. The van der Waals surface area contributed by atoms with Crippen LogP contribution in [0.5, 0.6) is 5.75 Å². The summed E-state index contributed by atoms with van der Waals surface area (Å²) in [7, 11) is 0. The van der Waals surface area contributed by atoms with Crippen LogP contribution in [0.3, 0.4) is 0 Å². The number of aliphatic hydroxyl groups is 1. The zero-order valence-corrected chi connectivity index (χ0v) is 9.29. The normalized spacial score (nSPS) is 27.9. The molecule has 1 amide bonds. The average molecular weight is 235 g/mol. The number of nitrogens with zero attached hydrogens (tertiary/aromatic N) is 2. The summed E-state index contributed by atoms with van der Waals surface area (Å²) in [5, 5.41) is 19.8. The predicted octanol–water partition coefficient (Wildman–Crippen LogP) is -0.415. The second-order valence-electron chi connectivity index (χ2n) is 4.24. The third-order valence-electron chi connectivity index (χ3n) is 2.73. The van der Waals surface area contributed by atoms with Crippen molar-refractivity contribution in [2.45, 2.75) is 25.0 Å². The van der Waals surface area contributed by atoms with E-state index in [9.17, 15) is 15.0 Å². The molecular weight excluding hydrogens is 222 g/mol. The van der Waals surface area contributed by atoms with Gasteiger partial charge in [0, 0.05) is 12.6 Å². The standard InChI is InChI=1S/C11H13N3O3/c1-11(17)5-6(10(12)16)14-9(11)8-7(15)3-2-4-13-8/h2-4,6,15,17H,5H2,1H3,(H2,12,16)/t6?,11-/m0/s1. The molecule has 17 heavy (non-hydrogen) atoms. The summed E-state index contributed by atoms with van der Waals surface area (Å²) in [4.78, 5) is 19.1. The Morgan fingerprint density at radius 2 is 2.35 bits per heavy atom. The SMILES string of the molecule is C[C@]1(O)CC(C(N)=O)N=C1c1ncccc1O. The van der Waals surface area contributed by atoms with E-state index in [0.29, 0.717) is 0 Å². The van der Waals surface area contributed by atoms with E-state index in [1.54, 1.807) is 6.07 Å². The van der Waals surface area contributed by atoms with Gasteiger partial charge >= 0.3 is 0 Å². The Kier molecular flexibility index (Phi) is 2.59. The fourth-order valence-electron chi connectivity index (χ4n) is 1.87. The topological polar surface area (TPSA) is 109 Å². The lowest BCUT2D eigenvalue weighted by Crippen LogP contribution is -2.35. The molecule has 2 heterocycles. The summed E-state index contributed by atoms with van der Waals surface area (Å²) < 4.78 is 0. The molecule has 2 atom stereocenters. The molecule has 1 aromatic heterocycles. The van der Waals surface area contributed by atoms with Gasteiger partial charge in [-0.05, 0) is 19.1 Å². The average Bonchev–Trinajstić information content (AvgIpc) is 2.55. The monoisotopic (exact) mass is 235 g/mol. The molecule has 4 N–H and O–H groups in total. The van der Waals surface area contributed by atoms with Crippen LogP contribution in [0.15, 0.2) is 23.3 Å². The minimum Gasteiger partial charge on any atom is -0.506 e. The highest BCUT2D eigenvalue weighted by Crippen LogP contribution is 2.30. The van der Waals surface area contributed by atoms with Gasteiger partial charge < -0.3 is 15.9 Å². The third-order valence-corrected chi connectivity index (χ3v) is 2.73. The smallest absolute Gasteiger partial charge is 0.242 e. The minimum absolute atomic E-state index is 0.0864.